The highest BCUT2D eigenvalue weighted by atomic mass is 35.5. The predicted molar refractivity (Wildman–Crippen MR) is 130 cm³/mol. The number of benzene rings is 1. The van der Waals surface area contributed by atoms with Crippen LogP contribution < -0.4 is 10.6 Å². The van der Waals surface area contributed by atoms with Crippen molar-refractivity contribution in [2.75, 3.05) is 5.32 Å². The molecule has 1 fully saturated rings. The summed E-state index contributed by atoms with van der Waals surface area (Å²) in [6, 6.07) is 5.35. The van der Waals surface area contributed by atoms with E-state index in [4.69, 9.17) is 23.8 Å². The van der Waals surface area contributed by atoms with Crippen LogP contribution in [-0.4, -0.2) is 27.7 Å². The van der Waals surface area contributed by atoms with Crippen molar-refractivity contribution in [2.45, 2.75) is 51.7 Å². The van der Waals surface area contributed by atoms with E-state index in [2.05, 4.69) is 17.2 Å². The third-order valence-corrected chi connectivity index (χ3v) is 7.50. The van der Waals surface area contributed by atoms with Crippen LogP contribution in [0.2, 0.25) is 5.02 Å². The normalized spacial score (nSPS) is 18.7. The van der Waals surface area contributed by atoms with Crippen LogP contribution in [0.3, 0.4) is 0 Å². The van der Waals surface area contributed by atoms with Gasteiger partial charge in [0.25, 0.3) is 5.91 Å². The Morgan fingerprint density at radius 1 is 1.39 bits per heavy atom. The highest BCUT2D eigenvalue weighted by Crippen LogP contribution is 2.35. The van der Waals surface area contributed by atoms with Gasteiger partial charge in [-0.1, -0.05) is 29.8 Å². The molecule has 2 aromatic rings. The monoisotopic (exact) mass is 473 g/mol. The first-order valence-corrected chi connectivity index (χ1v) is 11.9. The van der Waals surface area contributed by atoms with Crippen LogP contribution in [0.15, 0.2) is 35.7 Å². The molecule has 5 nitrogen and oxygen atoms in total. The number of rotatable bonds is 4. The van der Waals surface area contributed by atoms with Crippen LogP contribution >= 0.6 is 35.2 Å². The minimum atomic E-state index is -0.348. The zero-order chi connectivity index (χ0) is 22.1. The third kappa shape index (κ3) is 4.68. The fourth-order valence-corrected chi connectivity index (χ4v) is 5.41. The number of hydrogen-bond acceptors (Lipinski definition) is 4. The molecule has 0 saturated heterocycles. The second-order valence-corrected chi connectivity index (χ2v) is 9.84. The van der Waals surface area contributed by atoms with E-state index in [0.717, 1.165) is 40.1 Å². The average Bonchev–Trinajstić information content (AvgIpc) is 3.21. The van der Waals surface area contributed by atoms with Crippen LogP contribution in [0.4, 0.5) is 5.69 Å². The Balaban J connectivity index is 1.40. The lowest BCUT2D eigenvalue weighted by Crippen LogP contribution is -2.40. The summed E-state index contributed by atoms with van der Waals surface area (Å²) in [5, 5.41) is 9.41. The van der Waals surface area contributed by atoms with Crippen molar-refractivity contribution in [2.24, 2.45) is 0 Å². The number of nitrogens with zero attached hydrogens (tertiary/aromatic N) is 1. The first kappa shape index (κ1) is 22.0. The van der Waals surface area contributed by atoms with Gasteiger partial charge in [0.1, 0.15) is 0 Å². The Hall–Kier alpha value is -2.22. The Labute approximate surface area is 196 Å². The molecule has 2 heterocycles. The number of amides is 1. The molecule has 1 aromatic carbocycles. The molecule has 2 N–H and O–H groups in total. The van der Waals surface area contributed by atoms with Crippen molar-refractivity contribution in [3.63, 3.8) is 0 Å². The summed E-state index contributed by atoms with van der Waals surface area (Å²) >= 11 is 13.1. The fourth-order valence-electron chi connectivity index (χ4n) is 4.07. The summed E-state index contributed by atoms with van der Waals surface area (Å²) < 4.78 is 0. The second-order valence-electron chi connectivity index (χ2n) is 8.06. The van der Waals surface area contributed by atoms with Crippen molar-refractivity contribution < 1.29 is 9.59 Å². The summed E-state index contributed by atoms with van der Waals surface area (Å²) in [6.07, 6.45) is 2.83. The molecule has 31 heavy (non-hydrogen) atoms. The lowest BCUT2D eigenvalue weighted by Gasteiger charge is -2.25. The summed E-state index contributed by atoms with van der Waals surface area (Å²) in [4.78, 5) is 28.4. The number of aryl methyl sites for hydroxylation is 1. The molecule has 1 aliphatic carbocycles. The third-order valence-electron chi connectivity index (χ3n) is 5.82. The number of thiophene rings is 1. The van der Waals surface area contributed by atoms with Gasteiger partial charge in [0, 0.05) is 33.9 Å². The van der Waals surface area contributed by atoms with E-state index in [9.17, 15) is 9.59 Å². The summed E-state index contributed by atoms with van der Waals surface area (Å²) in [6.45, 7) is 6.91. The molecule has 0 bridgehead atoms. The van der Waals surface area contributed by atoms with Gasteiger partial charge in [-0.2, -0.15) is 0 Å². The highest BCUT2D eigenvalue weighted by Gasteiger charge is 2.38. The van der Waals surface area contributed by atoms with Crippen molar-refractivity contribution in [1.29, 1.82) is 0 Å². The lowest BCUT2D eigenvalue weighted by molar-refractivity contribution is -0.122. The Morgan fingerprint density at radius 3 is 2.97 bits per heavy atom. The number of carbonyl (C=O) groups is 2. The van der Waals surface area contributed by atoms with Crippen LogP contribution in [0.25, 0.3) is 0 Å². The zero-order valence-electron chi connectivity index (χ0n) is 17.3. The molecule has 162 valence electrons. The van der Waals surface area contributed by atoms with E-state index in [1.54, 1.807) is 16.2 Å². The van der Waals surface area contributed by atoms with Crippen molar-refractivity contribution in [1.82, 2.24) is 10.2 Å². The smallest absolute Gasteiger partial charge is 0.255 e. The Morgan fingerprint density at radius 2 is 2.19 bits per heavy atom. The molecule has 1 amide bonds. The highest BCUT2D eigenvalue weighted by molar-refractivity contribution is 7.80. The van der Waals surface area contributed by atoms with Gasteiger partial charge >= 0.3 is 0 Å². The molecule has 0 unspecified atom stereocenters. The maximum Gasteiger partial charge on any atom is 0.255 e. The maximum atomic E-state index is 13.0. The summed E-state index contributed by atoms with van der Waals surface area (Å²) in [7, 11) is 0. The van der Waals surface area contributed by atoms with E-state index in [-0.39, 0.29) is 17.7 Å². The Kier molecular flexibility index (Phi) is 6.46. The molecule has 1 saturated carbocycles. The zero-order valence-corrected chi connectivity index (χ0v) is 19.7. The number of fused-ring (bicyclic) bond motifs is 1. The number of anilines is 1. The van der Waals surface area contributed by atoms with Gasteiger partial charge in [-0.3, -0.25) is 9.59 Å². The van der Waals surface area contributed by atoms with Gasteiger partial charge < -0.3 is 15.5 Å². The molecule has 4 rings (SSSR count). The molecular weight excluding hydrogens is 450 g/mol. The van der Waals surface area contributed by atoms with Gasteiger partial charge in [0.2, 0.25) is 0 Å². The number of Topliss-reactive ketones (excluding diaryl/α,β-unsaturated/α-hetero) is 1. The number of ketones is 1. The van der Waals surface area contributed by atoms with E-state index in [1.165, 1.54) is 0 Å². The van der Waals surface area contributed by atoms with Gasteiger partial charge in [-0.15, -0.1) is 11.3 Å². The molecule has 0 spiro atoms. The van der Waals surface area contributed by atoms with Crippen molar-refractivity contribution in [3.05, 3.63) is 62.3 Å². The number of halogens is 1. The number of allylic oxidation sites excluding steroid dienone is 1. The molecular formula is C23H24ClN3O2S2. The molecule has 0 radical (unpaired) electrons. The lowest BCUT2D eigenvalue weighted by atomic mass is 10.1. The molecule has 2 aliphatic rings. The number of nitrogens with one attached hydrogen (secondary N) is 2. The van der Waals surface area contributed by atoms with Gasteiger partial charge in [-0.25, -0.2) is 0 Å². The van der Waals surface area contributed by atoms with Gasteiger partial charge in [0.05, 0.1) is 18.2 Å². The van der Waals surface area contributed by atoms with Crippen LogP contribution in [-0.2, 0) is 17.9 Å². The van der Waals surface area contributed by atoms with E-state index < -0.39 is 0 Å². The molecule has 1 atom stereocenters. The standard InChI is InChI=1S/C23H24ClN3O2S2/c1-13-4-3-5-19(20(28)8-13)27-11-16-17(22(27)29)12-31-21(16)10-25-23(30)26-15-7-6-14(2)18(24)9-15/h6-7,9,12,19H,1,3-5,8,10-11H2,2H3,(H2,25,26,30)/t19-/m0/s1. The predicted octanol–water partition coefficient (Wildman–Crippen LogP) is 5.22. The minimum Gasteiger partial charge on any atom is -0.358 e. The number of carbonyl (C=O) groups excluding carboxylic acids is 2. The number of hydrogen-bond donors (Lipinski definition) is 2. The maximum absolute atomic E-state index is 13.0. The van der Waals surface area contributed by atoms with E-state index in [0.29, 0.717) is 41.6 Å². The molecule has 1 aromatic heterocycles. The van der Waals surface area contributed by atoms with Crippen LogP contribution in [0.5, 0.6) is 0 Å². The van der Waals surface area contributed by atoms with Crippen molar-refractivity contribution >= 4 is 57.6 Å². The quantitative estimate of drug-likeness (QED) is 0.362. The second kappa shape index (κ2) is 9.10. The number of thiocarbonyl (C=S) groups is 1. The van der Waals surface area contributed by atoms with Crippen molar-refractivity contribution in [3.8, 4) is 0 Å². The Bertz CT molecular complexity index is 1080. The van der Waals surface area contributed by atoms with Gasteiger partial charge in [0.15, 0.2) is 10.9 Å². The van der Waals surface area contributed by atoms with E-state index >= 15 is 0 Å². The first-order valence-electron chi connectivity index (χ1n) is 10.2. The summed E-state index contributed by atoms with van der Waals surface area (Å²) in [5.74, 6) is 0.0600. The topological polar surface area (TPSA) is 61.4 Å². The fraction of sp³-hybridized carbons (Fsp3) is 0.348. The molecule has 8 heteroatoms. The summed E-state index contributed by atoms with van der Waals surface area (Å²) in [5.41, 5.74) is 4.50. The minimum absolute atomic E-state index is 0.0432. The SMILES string of the molecule is C=C1CCC[C@H](N2Cc3c(csc3CNC(=S)Nc3ccc(C)c(Cl)c3)C2=O)C(=O)C1. The average molecular weight is 474 g/mol. The molecule has 1 aliphatic heterocycles. The van der Waals surface area contributed by atoms with Crippen LogP contribution in [0.1, 0.15) is 52.0 Å². The first-order chi connectivity index (χ1) is 14.8. The van der Waals surface area contributed by atoms with E-state index in [1.807, 2.05) is 30.5 Å². The largest absolute Gasteiger partial charge is 0.358 e. The van der Waals surface area contributed by atoms with Gasteiger partial charge in [-0.05, 0) is 61.7 Å². The van der Waals surface area contributed by atoms with Crippen LogP contribution in [0, 0.1) is 6.92 Å².